The smallest absolute Gasteiger partial charge is 0.250 e. The number of fused-ring (bicyclic) bond motifs is 4. The number of benzene rings is 2. The molecule has 6 heteroatoms. The van der Waals surface area contributed by atoms with Crippen molar-refractivity contribution in [1.82, 2.24) is 0 Å². The van der Waals surface area contributed by atoms with Gasteiger partial charge in [0.15, 0.2) is 11.6 Å². The molecule has 0 aromatic heterocycles. The van der Waals surface area contributed by atoms with E-state index in [0.29, 0.717) is 0 Å². The van der Waals surface area contributed by atoms with Crippen molar-refractivity contribution in [3.05, 3.63) is 63.7 Å². The molecule has 0 amide bonds. The zero-order chi connectivity index (χ0) is 28.7. The van der Waals surface area contributed by atoms with Crippen LogP contribution in [0.5, 0.6) is 5.75 Å². The summed E-state index contributed by atoms with van der Waals surface area (Å²) in [5.74, 6) is 0.0178. The highest BCUT2D eigenvalue weighted by Gasteiger charge is 2.47. The predicted molar refractivity (Wildman–Crippen MR) is 161 cm³/mol. The van der Waals surface area contributed by atoms with Crippen LogP contribution in [0.4, 0.5) is 0 Å². The largest absolute Gasteiger partial charge is 0.543 e. The van der Waals surface area contributed by atoms with Crippen molar-refractivity contribution < 1.29 is 23.4 Å². The van der Waals surface area contributed by atoms with Gasteiger partial charge in [0.2, 0.25) is 8.32 Å². The molecule has 0 saturated carbocycles. The van der Waals surface area contributed by atoms with Crippen LogP contribution in [0.1, 0.15) is 81.8 Å². The minimum Gasteiger partial charge on any atom is -0.543 e. The van der Waals surface area contributed by atoms with Crippen molar-refractivity contribution in [1.29, 1.82) is 0 Å². The Labute approximate surface area is 242 Å². The molecule has 4 aliphatic rings. The SMILES string of the molecule is CC1(C)O[C@H]2Cc3cccc(CCc4ccc(O[Si](C)(C)C(C)(C)C)c5c4C[C@H]4OC(C)(C)O[C@H]4C5)c3C[C@H]2O1. The third kappa shape index (κ3) is 5.31. The number of hydrogen-bond donors (Lipinski definition) is 0. The molecule has 6 rings (SSSR count). The van der Waals surface area contributed by atoms with E-state index in [2.05, 4.69) is 64.2 Å². The highest BCUT2D eigenvalue weighted by molar-refractivity contribution is 6.74. The average molecular weight is 565 g/mol. The van der Waals surface area contributed by atoms with Crippen molar-refractivity contribution in [2.45, 2.75) is 141 Å². The zero-order valence-electron chi connectivity index (χ0n) is 26.0. The van der Waals surface area contributed by atoms with Gasteiger partial charge in [-0.3, -0.25) is 0 Å². The van der Waals surface area contributed by atoms with Crippen LogP contribution in [-0.2, 0) is 57.5 Å². The molecule has 0 N–H and O–H groups in total. The van der Waals surface area contributed by atoms with Crippen LogP contribution in [0.15, 0.2) is 30.3 Å². The van der Waals surface area contributed by atoms with Gasteiger partial charge in [0.05, 0.1) is 24.4 Å². The topological polar surface area (TPSA) is 46.2 Å². The van der Waals surface area contributed by atoms with Crippen LogP contribution < -0.4 is 4.43 Å². The molecule has 0 spiro atoms. The Morgan fingerprint density at radius 1 is 0.700 bits per heavy atom. The normalized spacial score (nSPS) is 28.4. The molecule has 4 atom stereocenters. The summed E-state index contributed by atoms with van der Waals surface area (Å²) in [5.41, 5.74) is 8.49. The highest BCUT2D eigenvalue weighted by Crippen LogP contribution is 2.44. The first kappa shape index (κ1) is 28.4. The lowest BCUT2D eigenvalue weighted by molar-refractivity contribution is -0.145. The maximum absolute atomic E-state index is 6.93. The Kier molecular flexibility index (Phi) is 6.87. The monoisotopic (exact) mass is 564 g/mol. The maximum Gasteiger partial charge on any atom is 0.250 e. The van der Waals surface area contributed by atoms with E-state index >= 15 is 0 Å². The summed E-state index contributed by atoms with van der Waals surface area (Å²) in [6.07, 6.45) is 6.06. The van der Waals surface area contributed by atoms with E-state index in [9.17, 15) is 0 Å². The lowest BCUT2D eigenvalue weighted by atomic mass is 9.81. The molecule has 0 bridgehead atoms. The molecule has 2 fully saturated rings. The van der Waals surface area contributed by atoms with Gasteiger partial charge in [-0.2, -0.15) is 0 Å². The fourth-order valence-electron chi connectivity index (χ4n) is 6.93. The third-order valence-electron chi connectivity index (χ3n) is 9.90. The fraction of sp³-hybridized carbons (Fsp3) is 0.647. The summed E-state index contributed by atoms with van der Waals surface area (Å²) in [4.78, 5) is 0. The number of aryl methyl sites for hydroxylation is 2. The average Bonchev–Trinajstić information content (AvgIpc) is 3.31. The van der Waals surface area contributed by atoms with Crippen molar-refractivity contribution >= 4 is 8.32 Å². The van der Waals surface area contributed by atoms with Crippen LogP contribution in [0, 0.1) is 0 Å². The van der Waals surface area contributed by atoms with Gasteiger partial charge in [-0.1, -0.05) is 45.0 Å². The molecule has 2 aromatic rings. The molecular weight excluding hydrogens is 516 g/mol. The van der Waals surface area contributed by atoms with E-state index in [1.54, 1.807) is 0 Å². The lowest BCUT2D eigenvalue weighted by Crippen LogP contribution is -2.44. The molecule has 2 aromatic carbocycles. The minimum absolute atomic E-state index is 0.0754. The van der Waals surface area contributed by atoms with Crippen LogP contribution in [-0.4, -0.2) is 44.3 Å². The molecule has 2 aliphatic heterocycles. The van der Waals surface area contributed by atoms with E-state index in [4.69, 9.17) is 23.4 Å². The van der Waals surface area contributed by atoms with Crippen molar-refractivity contribution in [3.63, 3.8) is 0 Å². The quantitative estimate of drug-likeness (QED) is 0.363. The van der Waals surface area contributed by atoms with Crippen LogP contribution in [0.2, 0.25) is 18.1 Å². The van der Waals surface area contributed by atoms with Gasteiger partial charge in [0, 0.05) is 25.7 Å². The fourth-order valence-corrected chi connectivity index (χ4v) is 7.98. The van der Waals surface area contributed by atoms with Crippen LogP contribution >= 0.6 is 0 Å². The summed E-state index contributed by atoms with van der Waals surface area (Å²) in [7, 11) is -1.99. The van der Waals surface area contributed by atoms with E-state index in [1.165, 1.54) is 33.4 Å². The number of hydrogen-bond acceptors (Lipinski definition) is 5. The molecule has 2 heterocycles. The molecule has 5 nitrogen and oxygen atoms in total. The van der Waals surface area contributed by atoms with E-state index in [-0.39, 0.29) is 29.5 Å². The number of ether oxygens (including phenoxy) is 4. The van der Waals surface area contributed by atoms with E-state index < -0.39 is 19.9 Å². The van der Waals surface area contributed by atoms with E-state index in [1.807, 2.05) is 27.7 Å². The Balaban J connectivity index is 1.28. The Bertz CT molecular complexity index is 1290. The lowest BCUT2D eigenvalue weighted by Gasteiger charge is -2.38. The van der Waals surface area contributed by atoms with Gasteiger partial charge in [0.1, 0.15) is 5.75 Å². The van der Waals surface area contributed by atoms with Crippen molar-refractivity contribution in [2.24, 2.45) is 0 Å². The Morgan fingerprint density at radius 2 is 1.20 bits per heavy atom. The third-order valence-corrected chi connectivity index (χ3v) is 14.2. The zero-order valence-corrected chi connectivity index (χ0v) is 27.0. The van der Waals surface area contributed by atoms with E-state index in [0.717, 1.165) is 44.3 Å². The van der Waals surface area contributed by atoms with Gasteiger partial charge in [-0.15, -0.1) is 0 Å². The number of rotatable bonds is 5. The maximum atomic E-state index is 6.93. The van der Waals surface area contributed by atoms with Crippen molar-refractivity contribution in [2.75, 3.05) is 0 Å². The summed E-state index contributed by atoms with van der Waals surface area (Å²) in [6, 6.07) is 11.4. The molecule has 2 saturated heterocycles. The first-order valence-corrected chi connectivity index (χ1v) is 18.2. The minimum atomic E-state index is -1.99. The van der Waals surface area contributed by atoms with Crippen molar-refractivity contribution in [3.8, 4) is 5.75 Å². The second-order valence-corrected chi connectivity index (χ2v) is 19.6. The summed E-state index contributed by atoms with van der Waals surface area (Å²) >= 11 is 0. The van der Waals surface area contributed by atoms with Gasteiger partial charge in [-0.05, 0) is 98.1 Å². The summed E-state index contributed by atoms with van der Waals surface area (Å²) in [5, 5.41) is 0.138. The molecule has 2 aliphatic carbocycles. The molecule has 40 heavy (non-hydrogen) atoms. The summed E-state index contributed by atoms with van der Waals surface area (Å²) < 4.78 is 32.1. The van der Waals surface area contributed by atoms with Crippen LogP contribution in [0.25, 0.3) is 0 Å². The standard InChI is InChI=1S/C34H48O5Si/c1-32(2,3)40(8,9)39-27-16-15-22(25-19-30-31(20-26(25)27)38-34(6,7)37-30)14-13-21-11-10-12-23-17-28-29(18-24(21)23)36-33(4,5)35-28/h10-12,15-16,28-31H,13-14,17-20H2,1-9H3/t28-,29+,30+,31-/m0/s1. The molecular formula is C34H48O5Si. The molecule has 0 radical (unpaired) electrons. The second kappa shape index (κ2) is 9.67. The predicted octanol–water partition coefficient (Wildman–Crippen LogP) is 7.09. The Hall–Kier alpha value is -1.70. The van der Waals surface area contributed by atoms with Gasteiger partial charge in [-0.25, -0.2) is 0 Å². The first-order valence-electron chi connectivity index (χ1n) is 15.2. The van der Waals surface area contributed by atoms with Gasteiger partial charge >= 0.3 is 0 Å². The Morgan fingerprint density at radius 3 is 1.77 bits per heavy atom. The molecule has 0 unspecified atom stereocenters. The first-order chi connectivity index (χ1) is 18.6. The second-order valence-electron chi connectivity index (χ2n) is 14.8. The van der Waals surface area contributed by atoms with Gasteiger partial charge in [0.25, 0.3) is 0 Å². The highest BCUT2D eigenvalue weighted by atomic mass is 28.4. The van der Waals surface area contributed by atoms with Crippen LogP contribution in [0.3, 0.4) is 0 Å². The summed E-state index contributed by atoms with van der Waals surface area (Å²) in [6.45, 7) is 19.7. The van der Waals surface area contributed by atoms with Gasteiger partial charge < -0.3 is 23.4 Å². The molecule has 218 valence electrons.